The maximum Gasteiger partial charge on any atom is 0.254 e. The van der Waals surface area contributed by atoms with Gasteiger partial charge in [-0.25, -0.2) is 0 Å². The van der Waals surface area contributed by atoms with Gasteiger partial charge >= 0.3 is 0 Å². The third-order valence-corrected chi connectivity index (χ3v) is 4.36. The van der Waals surface area contributed by atoms with Gasteiger partial charge in [-0.15, -0.1) is 0 Å². The van der Waals surface area contributed by atoms with E-state index in [-0.39, 0.29) is 17.9 Å². The lowest BCUT2D eigenvalue weighted by atomic mass is 9.76. The standard InChI is InChI=1S/C15H29NO4/c1-14(2,20-4)13(18)16-9-5-7-15(11-16,12-17)8-6-10-19-3/h17H,5-12H2,1-4H3/t15-/m1/s1. The lowest BCUT2D eigenvalue weighted by molar-refractivity contribution is -0.155. The van der Waals surface area contributed by atoms with Crippen molar-refractivity contribution in [2.24, 2.45) is 5.41 Å². The number of aliphatic hydroxyl groups is 1. The SMILES string of the molecule is COCCC[C@]1(CO)CCCN(C(=O)C(C)(C)OC)C1. The Kier molecular flexibility index (Phi) is 6.43. The molecule has 1 N–H and O–H groups in total. The number of aliphatic hydroxyl groups excluding tert-OH is 1. The Morgan fingerprint density at radius 3 is 2.65 bits per heavy atom. The minimum Gasteiger partial charge on any atom is -0.396 e. The normalized spacial score (nSPS) is 23.9. The van der Waals surface area contributed by atoms with Gasteiger partial charge in [-0.3, -0.25) is 4.79 Å². The summed E-state index contributed by atoms with van der Waals surface area (Å²) in [4.78, 5) is 14.3. The van der Waals surface area contributed by atoms with Crippen molar-refractivity contribution in [2.45, 2.75) is 45.1 Å². The first-order valence-electron chi connectivity index (χ1n) is 7.35. The molecule has 5 heteroatoms. The van der Waals surface area contributed by atoms with Crippen molar-refractivity contribution in [2.75, 3.05) is 40.5 Å². The molecule has 1 fully saturated rings. The zero-order valence-electron chi connectivity index (χ0n) is 13.3. The number of amides is 1. The molecule has 0 aliphatic carbocycles. The zero-order chi connectivity index (χ0) is 15.2. The summed E-state index contributed by atoms with van der Waals surface area (Å²) in [5.41, 5.74) is -0.985. The molecule has 0 saturated carbocycles. The molecular weight excluding hydrogens is 258 g/mol. The van der Waals surface area contributed by atoms with Crippen LogP contribution in [0.15, 0.2) is 0 Å². The number of carbonyl (C=O) groups excluding carboxylic acids is 1. The number of likely N-dealkylation sites (tertiary alicyclic amines) is 1. The average molecular weight is 287 g/mol. The molecular formula is C15H29NO4. The Labute approximate surface area is 122 Å². The largest absolute Gasteiger partial charge is 0.396 e. The van der Waals surface area contributed by atoms with Crippen molar-refractivity contribution in [3.63, 3.8) is 0 Å². The number of rotatable bonds is 7. The highest BCUT2D eigenvalue weighted by Gasteiger charge is 2.40. The first-order valence-corrected chi connectivity index (χ1v) is 7.35. The van der Waals surface area contributed by atoms with Crippen LogP contribution in [0.3, 0.4) is 0 Å². The summed E-state index contributed by atoms with van der Waals surface area (Å²) < 4.78 is 10.4. The van der Waals surface area contributed by atoms with Gasteiger partial charge < -0.3 is 19.5 Å². The molecule has 1 amide bonds. The molecule has 0 aromatic rings. The van der Waals surface area contributed by atoms with Crippen molar-refractivity contribution < 1.29 is 19.4 Å². The number of nitrogens with zero attached hydrogens (tertiary/aromatic N) is 1. The Morgan fingerprint density at radius 1 is 1.40 bits per heavy atom. The van der Waals surface area contributed by atoms with Crippen LogP contribution >= 0.6 is 0 Å². The lowest BCUT2D eigenvalue weighted by Gasteiger charge is -2.44. The molecule has 0 radical (unpaired) electrons. The summed E-state index contributed by atoms with van der Waals surface area (Å²) in [6, 6.07) is 0. The molecule has 1 aliphatic heterocycles. The summed E-state index contributed by atoms with van der Waals surface area (Å²) in [5, 5.41) is 9.79. The Morgan fingerprint density at radius 2 is 2.10 bits per heavy atom. The number of hydrogen-bond donors (Lipinski definition) is 1. The topological polar surface area (TPSA) is 59.0 Å². The van der Waals surface area contributed by atoms with E-state index in [9.17, 15) is 9.90 Å². The number of methoxy groups -OCH3 is 2. The van der Waals surface area contributed by atoms with Crippen LogP contribution in [0.4, 0.5) is 0 Å². The molecule has 0 aromatic carbocycles. The molecule has 20 heavy (non-hydrogen) atoms. The van der Waals surface area contributed by atoms with E-state index in [0.717, 1.165) is 32.2 Å². The summed E-state index contributed by atoms with van der Waals surface area (Å²) in [7, 11) is 3.24. The summed E-state index contributed by atoms with van der Waals surface area (Å²) in [6.45, 7) is 5.74. The quantitative estimate of drug-likeness (QED) is 0.720. The molecule has 0 bridgehead atoms. The van der Waals surface area contributed by atoms with Gasteiger partial charge in [0.25, 0.3) is 5.91 Å². The van der Waals surface area contributed by atoms with Crippen LogP contribution in [0.1, 0.15) is 39.5 Å². The Balaban J connectivity index is 2.70. The van der Waals surface area contributed by atoms with Crippen LogP contribution < -0.4 is 0 Å². The lowest BCUT2D eigenvalue weighted by Crippen LogP contribution is -2.54. The molecule has 1 heterocycles. The predicted octanol–water partition coefficient (Wildman–Crippen LogP) is 1.44. The Bertz CT molecular complexity index is 319. The maximum absolute atomic E-state index is 12.5. The molecule has 1 atom stereocenters. The van der Waals surface area contributed by atoms with Gasteiger partial charge in [-0.05, 0) is 39.5 Å². The molecule has 118 valence electrons. The predicted molar refractivity (Wildman–Crippen MR) is 77.5 cm³/mol. The van der Waals surface area contributed by atoms with E-state index in [1.54, 1.807) is 28.1 Å². The minimum absolute atomic E-state index is 0.00395. The van der Waals surface area contributed by atoms with E-state index in [4.69, 9.17) is 9.47 Å². The number of hydrogen-bond acceptors (Lipinski definition) is 4. The smallest absolute Gasteiger partial charge is 0.254 e. The Hall–Kier alpha value is -0.650. The minimum atomic E-state index is -0.801. The third kappa shape index (κ3) is 4.17. The van der Waals surface area contributed by atoms with Crippen molar-refractivity contribution >= 4 is 5.91 Å². The van der Waals surface area contributed by atoms with E-state index in [0.29, 0.717) is 13.2 Å². The van der Waals surface area contributed by atoms with Crippen LogP contribution in [-0.2, 0) is 14.3 Å². The van der Waals surface area contributed by atoms with Crippen LogP contribution in [0, 0.1) is 5.41 Å². The van der Waals surface area contributed by atoms with E-state index in [2.05, 4.69) is 0 Å². The van der Waals surface area contributed by atoms with Gasteiger partial charge in [0.2, 0.25) is 0 Å². The van der Waals surface area contributed by atoms with Crippen LogP contribution in [0.25, 0.3) is 0 Å². The van der Waals surface area contributed by atoms with Gasteiger partial charge in [0, 0.05) is 39.3 Å². The second-order valence-corrected chi connectivity index (χ2v) is 6.30. The van der Waals surface area contributed by atoms with Crippen molar-refractivity contribution in [3.8, 4) is 0 Å². The fourth-order valence-corrected chi connectivity index (χ4v) is 2.85. The molecule has 1 saturated heterocycles. The monoisotopic (exact) mass is 287 g/mol. The van der Waals surface area contributed by atoms with E-state index in [1.165, 1.54) is 0 Å². The highest BCUT2D eigenvalue weighted by molar-refractivity contribution is 5.84. The van der Waals surface area contributed by atoms with E-state index in [1.807, 2.05) is 4.90 Å². The van der Waals surface area contributed by atoms with Gasteiger partial charge in [0.15, 0.2) is 0 Å². The molecule has 1 aliphatic rings. The highest BCUT2D eigenvalue weighted by Crippen LogP contribution is 2.35. The number of piperidine rings is 1. The second kappa shape index (κ2) is 7.38. The van der Waals surface area contributed by atoms with Gasteiger partial charge in [-0.2, -0.15) is 0 Å². The first kappa shape index (κ1) is 17.4. The molecule has 5 nitrogen and oxygen atoms in total. The van der Waals surface area contributed by atoms with E-state index < -0.39 is 5.60 Å². The van der Waals surface area contributed by atoms with Crippen LogP contribution in [-0.4, -0.2) is 62.0 Å². The highest BCUT2D eigenvalue weighted by atomic mass is 16.5. The average Bonchev–Trinajstić information content (AvgIpc) is 2.47. The van der Waals surface area contributed by atoms with Crippen molar-refractivity contribution in [1.29, 1.82) is 0 Å². The molecule has 0 aromatic heterocycles. The maximum atomic E-state index is 12.5. The fourth-order valence-electron chi connectivity index (χ4n) is 2.85. The van der Waals surface area contributed by atoms with Crippen molar-refractivity contribution in [1.82, 2.24) is 4.90 Å². The van der Waals surface area contributed by atoms with Crippen LogP contribution in [0.2, 0.25) is 0 Å². The second-order valence-electron chi connectivity index (χ2n) is 6.30. The zero-order valence-corrected chi connectivity index (χ0v) is 13.3. The summed E-state index contributed by atoms with van der Waals surface area (Å²) >= 11 is 0. The van der Waals surface area contributed by atoms with Gasteiger partial charge in [-0.1, -0.05) is 0 Å². The number of ether oxygens (including phenoxy) is 2. The van der Waals surface area contributed by atoms with Gasteiger partial charge in [0.05, 0.1) is 6.61 Å². The van der Waals surface area contributed by atoms with Crippen LogP contribution in [0.5, 0.6) is 0 Å². The fraction of sp³-hybridized carbons (Fsp3) is 0.933. The van der Waals surface area contributed by atoms with Gasteiger partial charge in [0.1, 0.15) is 5.60 Å². The van der Waals surface area contributed by atoms with Crippen molar-refractivity contribution in [3.05, 3.63) is 0 Å². The summed E-state index contributed by atoms with van der Waals surface area (Å²) in [5.74, 6) is 0.00395. The van der Waals surface area contributed by atoms with E-state index >= 15 is 0 Å². The number of carbonyl (C=O) groups is 1. The molecule has 1 rings (SSSR count). The summed E-state index contributed by atoms with van der Waals surface area (Å²) in [6.07, 6.45) is 3.69. The first-order chi connectivity index (χ1) is 9.40. The molecule has 0 unspecified atom stereocenters. The third-order valence-electron chi connectivity index (χ3n) is 4.36. The molecule has 0 spiro atoms.